The number of benzene rings is 3. The second-order valence-electron chi connectivity index (χ2n) is 8.11. The van der Waals surface area contributed by atoms with Gasteiger partial charge in [-0.2, -0.15) is 0 Å². The Bertz CT molecular complexity index is 989. The molecule has 0 amide bonds. The van der Waals surface area contributed by atoms with E-state index < -0.39 is 0 Å². The summed E-state index contributed by atoms with van der Waals surface area (Å²) in [4.78, 5) is 0. The van der Waals surface area contributed by atoms with Gasteiger partial charge in [-0.05, 0) is 60.4 Å². The van der Waals surface area contributed by atoms with Crippen LogP contribution in [0.2, 0.25) is 0 Å². The lowest BCUT2D eigenvalue weighted by Crippen LogP contribution is -2.24. The zero-order valence-corrected chi connectivity index (χ0v) is 18.1. The van der Waals surface area contributed by atoms with E-state index in [9.17, 15) is 4.39 Å². The number of para-hydroxylation sites is 1. The minimum atomic E-state index is -0.389. The number of hydrogen-bond acceptors (Lipinski definition) is 2. The highest BCUT2D eigenvalue weighted by Gasteiger charge is 2.21. The van der Waals surface area contributed by atoms with Crippen molar-refractivity contribution in [2.45, 2.75) is 39.7 Å². The van der Waals surface area contributed by atoms with Crippen LogP contribution in [0.4, 0.5) is 4.39 Å². The normalized spacial score (nSPS) is 12.1. The lowest BCUT2D eigenvalue weighted by molar-refractivity contribution is 0.0823. The van der Waals surface area contributed by atoms with Crippen molar-refractivity contribution >= 4 is 5.57 Å². The fourth-order valence-electron chi connectivity index (χ4n) is 3.19. The molecule has 30 heavy (non-hydrogen) atoms. The summed E-state index contributed by atoms with van der Waals surface area (Å²) in [6.45, 7) is 9.44. The van der Waals surface area contributed by atoms with Crippen LogP contribution in [-0.2, 0) is 16.8 Å². The van der Waals surface area contributed by atoms with Crippen molar-refractivity contribution in [3.8, 4) is 11.5 Å². The first-order valence-electron chi connectivity index (χ1n) is 10.2. The molecular weight excluding hydrogens is 375 g/mol. The van der Waals surface area contributed by atoms with Crippen molar-refractivity contribution in [2.75, 3.05) is 6.61 Å². The highest BCUT2D eigenvalue weighted by atomic mass is 19.1. The monoisotopic (exact) mass is 404 g/mol. The second kappa shape index (κ2) is 9.73. The molecule has 0 aliphatic carbocycles. The maximum Gasteiger partial charge on any atom is 0.165 e. The van der Waals surface area contributed by atoms with Crippen molar-refractivity contribution in [3.63, 3.8) is 0 Å². The maximum atomic E-state index is 14.1. The summed E-state index contributed by atoms with van der Waals surface area (Å²) in [7, 11) is 0. The third-order valence-corrected chi connectivity index (χ3v) is 5.25. The molecule has 3 heteroatoms. The molecule has 0 aliphatic rings. The van der Waals surface area contributed by atoms with Gasteiger partial charge in [-0.1, -0.05) is 68.5 Å². The first-order valence-corrected chi connectivity index (χ1v) is 10.2. The molecule has 0 aliphatic heterocycles. The number of rotatable bonds is 8. The van der Waals surface area contributed by atoms with Gasteiger partial charge in [0.15, 0.2) is 11.6 Å². The summed E-state index contributed by atoms with van der Waals surface area (Å²) in [6.07, 6.45) is 2.11. The summed E-state index contributed by atoms with van der Waals surface area (Å²) in [6, 6.07) is 22.7. The second-order valence-corrected chi connectivity index (χ2v) is 8.11. The topological polar surface area (TPSA) is 18.5 Å². The molecule has 0 heterocycles. The molecule has 0 saturated heterocycles. The van der Waals surface area contributed by atoms with Crippen molar-refractivity contribution in [2.24, 2.45) is 0 Å². The molecular formula is C27H29FO2. The lowest BCUT2D eigenvalue weighted by Gasteiger charge is -2.25. The fraction of sp³-hybridized carbons (Fsp3) is 0.259. The highest BCUT2D eigenvalue weighted by Crippen LogP contribution is 2.28. The van der Waals surface area contributed by atoms with Gasteiger partial charge in [-0.25, -0.2) is 4.39 Å². The Morgan fingerprint density at radius 2 is 1.67 bits per heavy atom. The summed E-state index contributed by atoms with van der Waals surface area (Å²) in [5, 5.41) is 0. The van der Waals surface area contributed by atoms with Crippen LogP contribution < -0.4 is 4.74 Å². The Labute approximate surface area is 179 Å². The van der Waals surface area contributed by atoms with E-state index in [0.717, 1.165) is 5.56 Å². The molecule has 0 N–H and O–H groups in total. The zero-order valence-electron chi connectivity index (χ0n) is 18.1. The standard InChI is InChI=1S/C27H29FO2/c1-5-20(2)22-12-14-23(15-13-22)27(3,4)19-29-18-21-11-16-25(28)26(17-21)30-24-9-7-6-8-10-24/h5-17H,18-19H2,1-4H3. The maximum absolute atomic E-state index is 14.1. The predicted molar refractivity (Wildman–Crippen MR) is 121 cm³/mol. The molecule has 0 bridgehead atoms. The number of hydrogen-bond donors (Lipinski definition) is 0. The molecule has 3 aromatic carbocycles. The van der Waals surface area contributed by atoms with Gasteiger partial charge in [0.2, 0.25) is 0 Å². The molecule has 0 atom stereocenters. The van der Waals surface area contributed by atoms with Gasteiger partial charge in [0.05, 0.1) is 13.2 Å². The van der Waals surface area contributed by atoms with Crippen molar-refractivity contribution in [1.29, 1.82) is 0 Å². The predicted octanol–water partition coefficient (Wildman–Crippen LogP) is 7.54. The molecule has 0 fully saturated rings. The van der Waals surface area contributed by atoms with Gasteiger partial charge in [0.25, 0.3) is 0 Å². The van der Waals surface area contributed by atoms with Crippen LogP contribution in [0.15, 0.2) is 78.9 Å². The molecule has 0 saturated carbocycles. The van der Waals surface area contributed by atoms with E-state index in [1.54, 1.807) is 24.3 Å². The van der Waals surface area contributed by atoms with Gasteiger partial charge < -0.3 is 9.47 Å². The van der Waals surface area contributed by atoms with Crippen LogP contribution in [0.1, 0.15) is 44.4 Å². The summed E-state index contributed by atoms with van der Waals surface area (Å²) < 4.78 is 25.8. The first kappa shape index (κ1) is 21.8. The van der Waals surface area contributed by atoms with Crippen LogP contribution in [0.25, 0.3) is 5.57 Å². The lowest BCUT2D eigenvalue weighted by atomic mass is 9.85. The quantitative estimate of drug-likeness (QED) is 0.386. The molecule has 0 aromatic heterocycles. The van der Waals surface area contributed by atoms with Crippen LogP contribution in [0, 0.1) is 5.82 Å². The van der Waals surface area contributed by atoms with Crippen LogP contribution in [-0.4, -0.2) is 6.61 Å². The summed E-state index contributed by atoms with van der Waals surface area (Å²) in [5.41, 5.74) is 4.46. The molecule has 3 rings (SSSR count). The van der Waals surface area contributed by atoms with Crippen molar-refractivity contribution < 1.29 is 13.9 Å². The Kier molecular flexibility index (Phi) is 7.07. The van der Waals surface area contributed by atoms with Gasteiger partial charge in [0, 0.05) is 5.41 Å². The summed E-state index contributed by atoms with van der Waals surface area (Å²) in [5.74, 6) is 0.420. The number of halogens is 1. The minimum Gasteiger partial charge on any atom is -0.454 e. The van der Waals surface area contributed by atoms with E-state index in [0.29, 0.717) is 19.0 Å². The van der Waals surface area contributed by atoms with E-state index >= 15 is 0 Å². The number of ether oxygens (including phenoxy) is 2. The average molecular weight is 405 g/mol. The van der Waals surface area contributed by atoms with E-state index in [-0.39, 0.29) is 17.0 Å². The van der Waals surface area contributed by atoms with Crippen molar-refractivity contribution in [1.82, 2.24) is 0 Å². The molecule has 0 spiro atoms. The van der Waals surface area contributed by atoms with Crippen LogP contribution in [0.3, 0.4) is 0 Å². The Morgan fingerprint density at radius 1 is 0.967 bits per heavy atom. The van der Waals surface area contributed by atoms with E-state index in [2.05, 4.69) is 51.1 Å². The van der Waals surface area contributed by atoms with Crippen LogP contribution >= 0.6 is 0 Å². The summed E-state index contributed by atoms with van der Waals surface area (Å²) >= 11 is 0. The Morgan fingerprint density at radius 3 is 2.33 bits per heavy atom. The Balaban J connectivity index is 1.62. The van der Waals surface area contributed by atoms with Gasteiger partial charge in [-0.3, -0.25) is 0 Å². The largest absolute Gasteiger partial charge is 0.454 e. The van der Waals surface area contributed by atoms with Gasteiger partial charge in [-0.15, -0.1) is 0 Å². The Hall–Kier alpha value is -2.91. The molecule has 0 radical (unpaired) electrons. The fourth-order valence-corrected chi connectivity index (χ4v) is 3.19. The van der Waals surface area contributed by atoms with E-state index in [1.807, 2.05) is 25.1 Å². The van der Waals surface area contributed by atoms with Crippen LogP contribution in [0.5, 0.6) is 11.5 Å². The molecule has 3 aromatic rings. The molecule has 2 nitrogen and oxygen atoms in total. The SMILES string of the molecule is CC=C(C)c1ccc(C(C)(C)COCc2ccc(F)c(Oc3ccccc3)c2)cc1. The third kappa shape index (κ3) is 5.58. The average Bonchev–Trinajstić information content (AvgIpc) is 2.76. The smallest absolute Gasteiger partial charge is 0.165 e. The number of allylic oxidation sites excluding steroid dienone is 2. The minimum absolute atomic E-state index is 0.133. The molecule has 0 unspecified atom stereocenters. The van der Waals surface area contributed by atoms with E-state index in [1.165, 1.54) is 22.8 Å². The highest BCUT2D eigenvalue weighted by molar-refractivity contribution is 5.63. The molecule has 156 valence electrons. The van der Waals surface area contributed by atoms with Crippen molar-refractivity contribution in [3.05, 3.63) is 101 Å². The first-order chi connectivity index (χ1) is 14.4. The van der Waals surface area contributed by atoms with Gasteiger partial charge >= 0.3 is 0 Å². The van der Waals surface area contributed by atoms with Gasteiger partial charge in [0.1, 0.15) is 5.75 Å². The van der Waals surface area contributed by atoms with E-state index in [4.69, 9.17) is 9.47 Å². The third-order valence-electron chi connectivity index (χ3n) is 5.25. The zero-order chi connectivity index (χ0) is 21.6.